The Hall–Kier alpha value is -1.77. The van der Waals surface area contributed by atoms with E-state index in [1.54, 1.807) is 16.7 Å². The first-order valence-corrected chi connectivity index (χ1v) is 7.90. The highest BCUT2D eigenvalue weighted by molar-refractivity contribution is 7.14. The molecule has 0 saturated heterocycles. The molecule has 6 nitrogen and oxygen atoms in total. The number of nitrogens with zero attached hydrogens (tertiary/aromatic N) is 1. The molecule has 1 unspecified atom stereocenters. The topological polar surface area (TPSA) is 88.5 Å². The molecule has 2 aromatic rings. The van der Waals surface area contributed by atoms with Gasteiger partial charge < -0.3 is 15.2 Å². The molecule has 0 spiro atoms. The average molecular weight is 326 g/mol. The van der Waals surface area contributed by atoms with Gasteiger partial charge in [0.05, 0.1) is 18.7 Å². The van der Waals surface area contributed by atoms with E-state index < -0.39 is 12.0 Å². The number of hydrogen-bond acceptors (Lipinski definition) is 6. The lowest BCUT2D eigenvalue weighted by Crippen LogP contribution is -2.44. The third-order valence-electron chi connectivity index (χ3n) is 2.63. The standard InChI is InChI=1S/C13H14N2O4S2/c1-19-5-10(13(17)18)15-11(16)4-9-7-21-12(14-9)8-2-3-20-6-8/h2-3,6-7,10H,4-5H2,1H3,(H,15,16)(H,17,18). The summed E-state index contributed by atoms with van der Waals surface area (Å²) < 4.78 is 4.76. The summed E-state index contributed by atoms with van der Waals surface area (Å²) in [4.78, 5) is 27.1. The number of aromatic nitrogens is 1. The minimum atomic E-state index is -1.12. The Morgan fingerprint density at radius 3 is 2.90 bits per heavy atom. The second-order valence-corrected chi connectivity index (χ2v) is 5.88. The minimum absolute atomic E-state index is 0.0497. The van der Waals surface area contributed by atoms with Gasteiger partial charge in [0.15, 0.2) is 6.04 Å². The summed E-state index contributed by atoms with van der Waals surface area (Å²) in [5, 5.41) is 18.0. The molecule has 2 heterocycles. The van der Waals surface area contributed by atoms with E-state index in [4.69, 9.17) is 9.84 Å². The first-order valence-electron chi connectivity index (χ1n) is 6.08. The monoisotopic (exact) mass is 326 g/mol. The van der Waals surface area contributed by atoms with Crippen LogP contribution in [0.5, 0.6) is 0 Å². The number of hydrogen-bond donors (Lipinski definition) is 2. The lowest BCUT2D eigenvalue weighted by molar-refractivity contribution is -0.143. The molecule has 1 amide bonds. The van der Waals surface area contributed by atoms with Gasteiger partial charge in [0.25, 0.3) is 0 Å². The smallest absolute Gasteiger partial charge is 0.328 e. The van der Waals surface area contributed by atoms with Gasteiger partial charge in [-0.15, -0.1) is 11.3 Å². The van der Waals surface area contributed by atoms with E-state index in [1.165, 1.54) is 18.4 Å². The predicted octanol–water partition coefficient (Wildman–Crippen LogP) is 1.63. The van der Waals surface area contributed by atoms with Gasteiger partial charge in [0, 0.05) is 23.4 Å². The van der Waals surface area contributed by atoms with E-state index in [0.29, 0.717) is 5.69 Å². The van der Waals surface area contributed by atoms with Crippen LogP contribution in [0.1, 0.15) is 5.69 Å². The molecule has 1 atom stereocenters. The maximum atomic E-state index is 11.8. The molecule has 112 valence electrons. The van der Waals surface area contributed by atoms with Crippen molar-refractivity contribution in [2.24, 2.45) is 0 Å². The highest BCUT2D eigenvalue weighted by Gasteiger charge is 2.20. The van der Waals surface area contributed by atoms with Gasteiger partial charge in [-0.3, -0.25) is 4.79 Å². The van der Waals surface area contributed by atoms with Gasteiger partial charge >= 0.3 is 5.97 Å². The van der Waals surface area contributed by atoms with Crippen LogP contribution in [0.4, 0.5) is 0 Å². The summed E-state index contributed by atoms with van der Waals surface area (Å²) in [5.41, 5.74) is 1.65. The normalized spacial score (nSPS) is 12.0. The average Bonchev–Trinajstić information content (AvgIpc) is 3.08. The van der Waals surface area contributed by atoms with E-state index in [2.05, 4.69) is 10.3 Å². The molecule has 0 aliphatic rings. The minimum Gasteiger partial charge on any atom is -0.480 e. The third-order valence-corrected chi connectivity index (χ3v) is 4.25. The molecule has 0 aromatic carbocycles. The van der Waals surface area contributed by atoms with Crippen LogP contribution < -0.4 is 5.32 Å². The van der Waals surface area contributed by atoms with Crippen molar-refractivity contribution in [3.05, 3.63) is 27.9 Å². The summed E-state index contributed by atoms with van der Waals surface area (Å²) in [6.45, 7) is -0.0711. The molecule has 0 saturated carbocycles. The molecular formula is C13H14N2O4S2. The second kappa shape index (κ2) is 7.30. The number of thiophene rings is 1. The first-order chi connectivity index (χ1) is 10.1. The van der Waals surface area contributed by atoms with E-state index in [-0.39, 0.29) is 18.9 Å². The second-order valence-electron chi connectivity index (χ2n) is 4.25. The van der Waals surface area contributed by atoms with E-state index in [9.17, 15) is 9.59 Å². The van der Waals surface area contributed by atoms with Crippen molar-refractivity contribution in [2.75, 3.05) is 13.7 Å². The highest BCUT2D eigenvalue weighted by Crippen LogP contribution is 2.25. The maximum absolute atomic E-state index is 11.8. The molecular weight excluding hydrogens is 312 g/mol. The van der Waals surface area contributed by atoms with Crippen molar-refractivity contribution < 1.29 is 19.4 Å². The van der Waals surface area contributed by atoms with Crippen LogP contribution in [0.3, 0.4) is 0 Å². The van der Waals surface area contributed by atoms with Gasteiger partial charge in [-0.2, -0.15) is 11.3 Å². The lowest BCUT2D eigenvalue weighted by Gasteiger charge is -2.12. The molecule has 2 rings (SSSR count). The van der Waals surface area contributed by atoms with Crippen molar-refractivity contribution in [1.82, 2.24) is 10.3 Å². The van der Waals surface area contributed by atoms with Gasteiger partial charge in [-0.05, 0) is 11.4 Å². The number of methoxy groups -OCH3 is 1. The van der Waals surface area contributed by atoms with Crippen LogP contribution in [-0.2, 0) is 20.7 Å². The molecule has 0 fully saturated rings. The number of thiazole rings is 1. The van der Waals surface area contributed by atoms with Gasteiger partial charge in [0.1, 0.15) is 5.01 Å². The molecule has 0 aliphatic carbocycles. The number of carbonyl (C=O) groups is 2. The Labute approximate surface area is 129 Å². The molecule has 2 N–H and O–H groups in total. The van der Waals surface area contributed by atoms with Crippen LogP contribution in [0.2, 0.25) is 0 Å². The molecule has 0 bridgehead atoms. The Kier molecular flexibility index (Phi) is 5.43. The first kappa shape index (κ1) is 15.6. The van der Waals surface area contributed by atoms with Crippen molar-refractivity contribution in [1.29, 1.82) is 0 Å². The van der Waals surface area contributed by atoms with Crippen LogP contribution in [0.25, 0.3) is 10.6 Å². The predicted molar refractivity (Wildman–Crippen MR) is 80.6 cm³/mol. The quantitative estimate of drug-likeness (QED) is 0.807. The zero-order valence-electron chi connectivity index (χ0n) is 11.2. The van der Waals surface area contributed by atoms with Crippen LogP contribution in [0, 0.1) is 0 Å². The Morgan fingerprint density at radius 2 is 2.29 bits per heavy atom. The number of rotatable bonds is 7. The summed E-state index contributed by atoms with van der Waals surface area (Å²) in [6, 6.07) is 0.921. The van der Waals surface area contributed by atoms with Crippen molar-refractivity contribution in [3.8, 4) is 10.6 Å². The fourth-order valence-electron chi connectivity index (χ4n) is 1.66. The molecule has 21 heavy (non-hydrogen) atoms. The van der Waals surface area contributed by atoms with Crippen molar-refractivity contribution in [2.45, 2.75) is 12.5 Å². The number of carbonyl (C=O) groups excluding carboxylic acids is 1. The Balaban J connectivity index is 1.95. The maximum Gasteiger partial charge on any atom is 0.328 e. The van der Waals surface area contributed by atoms with E-state index in [1.807, 2.05) is 16.8 Å². The number of ether oxygens (including phenoxy) is 1. The number of amides is 1. The van der Waals surface area contributed by atoms with Crippen LogP contribution in [-0.4, -0.2) is 41.7 Å². The van der Waals surface area contributed by atoms with E-state index >= 15 is 0 Å². The van der Waals surface area contributed by atoms with Crippen LogP contribution >= 0.6 is 22.7 Å². The molecule has 2 aromatic heterocycles. The summed E-state index contributed by atoms with van der Waals surface area (Å²) in [7, 11) is 1.38. The van der Waals surface area contributed by atoms with Crippen molar-refractivity contribution in [3.63, 3.8) is 0 Å². The fraction of sp³-hybridized carbons (Fsp3) is 0.308. The van der Waals surface area contributed by atoms with Gasteiger partial charge in [0.2, 0.25) is 5.91 Å². The third kappa shape index (κ3) is 4.35. The van der Waals surface area contributed by atoms with E-state index in [0.717, 1.165) is 10.6 Å². The number of nitrogens with one attached hydrogen (secondary N) is 1. The van der Waals surface area contributed by atoms with Crippen LogP contribution in [0.15, 0.2) is 22.2 Å². The zero-order valence-corrected chi connectivity index (χ0v) is 12.9. The van der Waals surface area contributed by atoms with Gasteiger partial charge in [-0.1, -0.05) is 0 Å². The molecule has 0 aliphatic heterocycles. The summed E-state index contributed by atoms with van der Waals surface area (Å²) in [6.07, 6.45) is 0.0497. The number of carboxylic acid groups (broad SMARTS) is 1. The molecule has 0 radical (unpaired) electrons. The SMILES string of the molecule is COCC(NC(=O)Cc1csc(-c2ccsc2)n1)C(=O)O. The highest BCUT2D eigenvalue weighted by atomic mass is 32.1. The van der Waals surface area contributed by atoms with Crippen molar-refractivity contribution >= 4 is 34.6 Å². The summed E-state index contributed by atoms with van der Waals surface area (Å²) >= 11 is 3.04. The zero-order chi connectivity index (χ0) is 15.2. The van der Waals surface area contributed by atoms with Gasteiger partial charge in [-0.25, -0.2) is 9.78 Å². The molecule has 8 heteroatoms. The lowest BCUT2D eigenvalue weighted by atomic mass is 10.2. The number of aliphatic carboxylic acids is 1. The number of carboxylic acids is 1. The largest absolute Gasteiger partial charge is 0.480 e. The fourth-order valence-corrected chi connectivity index (χ4v) is 3.19. The Morgan fingerprint density at radius 1 is 1.48 bits per heavy atom. The summed E-state index contributed by atoms with van der Waals surface area (Å²) in [5.74, 6) is -1.51. The Bertz CT molecular complexity index is 609.